The van der Waals surface area contributed by atoms with Gasteiger partial charge in [0, 0.05) is 12.6 Å². The van der Waals surface area contributed by atoms with Crippen LogP contribution >= 0.6 is 0 Å². The van der Waals surface area contributed by atoms with Crippen LogP contribution in [0.25, 0.3) is 0 Å². The van der Waals surface area contributed by atoms with Crippen LogP contribution in [0.4, 0.5) is 5.69 Å². The summed E-state index contributed by atoms with van der Waals surface area (Å²) < 4.78 is 1.68. The molecule has 2 aromatic carbocycles. The maximum absolute atomic E-state index is 12.3. The van der Waals surface area contributed by atoms with Crippen LogP contribution in [0.5, 0.6) is 0 Å². The van der Waals surface area contributed by atoms with Crippen molar-refractivity contribution in [1.82, 2.24) is 20.1 Å². The highest BCUT2D eigenvalue weighted by Gasteiger charge is 2.19. The van der Waals surface area contributed by atoms with E-state index in [2.05, 4.69) is 15.4 Å². The first-order valence-corrected chi connectivity index (χ1v) is 7.56. The van der Waals surface area contributed by atoms with Gasteiger partial charge in [0.1, 0.15) is 18.2 Å². The molecule has 1 N–H and O–H groups in total. The molecule has 126 valence electrons. The molecule has 0 aliphatic heterocycles. The minimum Gasteiger partial charge on any atom is -0.348 e. The molecule has 0 unspecified atom stereocenters. The maximum Gasteiger partial charge on any atom is 0.282 e. The zero-order valence-electron chi connectivity index (χ0n) is 13.2. The zero-order valence-corrected chi connectivity index (χ0v) is 13.2. The molecule has 8 heteroatoms. The molecule has 0 atom stereocenters. The molecule has 3 aromatic rings. The number of rotatable bonds is 6. The quantitative estimate of drug-likeness (QED) is 0.548. The number of amides is 1. The number of nitrogens with zero attached hydrogens (tertiary/aromatic N) is 4. The van der Waals surface area contributed by atoms with E-state index in [-0.39, 0.29) is 17.8 Å². The highest BCUT2D eigenvalue weighted by Crippen LogP contribution is 2.18. The average Bonchev–Trinajstić information content (AvgIpc) is 3.13. The summed E-state index contributed by atoms with van der Waals surface area (Å²) in [4.78, 5) is 26.7. The normalized spacial score (nSPS) is 10.4. The zero-order chi connectivity index (χ0) is 17.6. The number of nitro benzene ring substituents is 1. The molecule has 1 amide bonds. The standard InChI is InChI=1S/C17H15N5O3/c23-17(15-7-3-4-8-16(15)22(24)25)19-9-13-5-1-2-6-14(13)10-21-12-18-11-20-21/h1-8,11-12H,9-10H2,(H,19,23). The van der Waals surface area contributed by atoms with Crippen molar-refractivity contribution in [3.63, 3.8) is 0 Å². The van der Waals surface area contributed by atoms with Crippen LogP contribution in [0.2, 0.25) is 0 Å². The third-order valence-electron chi connectivity index (χ3n) is 3.70. The summed E-state index contributed by atoms with van der Waals surface area (Å²) in [6.07, 6.45) is 3.07. The SMILES string of the molecule is O=C(NCc1ccccc1Cn1cncn1)c1ccccc1[N+](=O)[O-]. The Morgan fingerprint density at radius 3 is 2.56 bits per heavy atom. The van der Waals surface area contributed by atoms with Gasteiger partial charge >= 0.3 is 0 Å². The Kier molecular flexibility index (Phi) is 4.79. The molecule has 0 saturated heterocycles. The van der Waals surface area contributed by atoms with E-state index in [4.69, 9.17) is 0 Å². The Morgan fingerprint density at radius 2 is 1.84 bits per heavy atom. The third kappa shape index (κ3) is 3.86. The number of benzene rings is 2. The topological polar surface area (TPSA) is 103 Å². The van der Waals surface area contributed by atoms with E-state index >= 15 is 0 Å². The van der Waals surface area contributed by atoms with Crippen LogP contribution in [-0.4, -0.2) is 25.6 Å². The summed E-state index contributed by atoms with van der Waals surface area (Å²) in [5, 5.41) is 17.9. The number of para-hydroxylation sites is 1. The van der Waals surface area contributed by atoms with E-state index in [1.54, 1.807) is 17.1 Å². The Hall–Kier alpha value is -3.55. The molecule has 0 aliphatic carbocycles. The van der Waals surface area contributed by atoms with Crippen LogP contribution in [-0.2, 0) is 13.1 Å². The van der Waals surface area contributed by atoms with Crippen molar-refractivity contribution in [2.75, 3.05) is 0 Å². The third-order valence-corrected chi connectivity index (χ3v) is 3.70. The van der Waals surface area contributed by atoms with E-state index in [0.717, 1.165) is 11.1 Å². The van der Waals surface area contributed by atoms with Crippen LogP contribution in [0.15, 0.2) is 61.2 Å². The van der Waals surface area contributed by atoms with Crippen LogP contribution < -0.4 is 5.32 Å². The fraction of sp³-hybridized carbons (Fsp3) is 0.118. The lowest BCUT2D eigenvalue weighted by Crippen LogP contribution is -2.24. The van der Waals surface area contributed by atoms with E-state index < -0.39 is 10.8 Å². The van der Waals surface area contributed by atoms with Gasteiger partial charge in [-0.05, 0) is 17.2 Å². The summed E-state index contributed by atoms with van der Waals surface area (Å²) in [6, 6.07) is 13.5. The molecule has 8 nitrogen and oxygen atoms in total. The Morgan fingerprint density at radius 1 is 1.12 bits per heavy atom. The second-order valence-corrected chi connectivity index (χ2v) is 5.32. The fourth-order valence-electron chi connectivity index (χ4n) is 2.47. The molecule has 3 rings (SSSR count). The highest BCUT2D eigenvalue weighted by atomic mass is 16.6. The van der Waals surface area contributed by atoms with Crippen molar-refractivity contribution in [1.29, 1.82) is 0 Å². The first kappa shape index (κ1) is 16.3. The minimum absolute atomic E-state index is 0.0428. The van der Waals surface area contributed by atoms with Crippen LogP contribution in [0.1, 0.15) is 21.5 Å². The van der Waals surface area contributed by atoms with Gasteiger partial charge in [-0.2, -0.15) is 5.10 Å². The van der Waals surface area contributed by atoms with Crippen molar-refractivity contribution in [2.24, 2.45) is 0 Å². The van der Waals surface area contributed by atoms with Gasteiger partial charge < -0.3 is 5.32 Å². The molecule has 0 saturated carbocycles. The highest BCUT2D eigenvalue weighted by molar-refractivity contribution is 5.98. The summed E-state index contributed by atoms with van der Waals surface area (Å²) >= 11 is 0. The summed E-state index contributed by atoms with van der Waals surface area (Å²) in [5.41, 5.74) is 1.72. The molecule has 0 aliphatic rings. The van der Waals surface area contributed by atoms with E-state index in [1.807, 2.05) is 24.3 Å². The molecule has 25 heavy (non-hydrogen) atoms. The Labute approximate surface area is 143 Å². The average molecular weight is 337 g/mol. The molecule has 0 fully saturated rings. The predicted octanol–water partition coefficient (Wildman–Crippen LogP) is 2.16. The first-order valence-electron chi connectivity index (χ1n) is 7.56. The number of aromatic nitrogens is 3. The summed E-state index contributed by atoms with van der Waals surface area (Å²) in [7, 11) is 0. The van der Waals surface area contributed by atoms with Crippen LogP contribution in [0, 0.1) is 10.1 Å². The van der Waals surface area contributed by atoms with Gasteiger partial charge in [-0.3, -0.25) is 14.9 Å². The first-order chi connectivity index (χ1) is 12.1. The number of hydrogen-bond acceptors (Lipinski definition) is 5. The van der Waals surface area contributed by atoms with Gasteiger partial charge in [-0.15, -0.1) is 0 Å². The fourth-order valence-corrected chi connectivity index (χ4v) is 2.47. The number of hydrogen-bond donors (Lipinski definition) is 1. The molecule has 1 heterocycles. The van der Waals surface area contributed by atoms with Crippen molar-refractivity contribution in [3.8, 4) is 0 Å². The molecule has 0 bridgehead atoms. The van der Waals surface area contributed by atoms with E-state index in [1.165, 1.54) is 24.5 Å². The van der Waals surface area contributed by atoms with Gasteiger partial charge in [0.25, 0.3) is 11.6 Å². The van der Waals surface area contributed by atoms with Gasteiger partial charge in [0.15, 0.2) is 0 Å². The molecule has 0 spiro atoms. The largest absolute Gasteiger partial charge is 0.348 e. The lowest BCUT2D eigenvalue weighted by atomic mass is 10.1. The van der Waals surface area contributed by atoms with E-state index in [0.29, 0.717) is 6.54 Å². The predicted molar refractivity (Wildman–Crippen MR) is 89.8 cm³/mol. The Bertz CT molecular complexity index is 893. The molecular formula is C17H15N5O3. The summed E-state index contributed by atoms with van der Waals surface area (Å²) in [5.74, 6) is -0.483. The Balaban J connectivity index is 1.74. The van der Waals surface area contributed by atoms with Crippen molar-refractivity contribution in [3.05, 3.63) is 88.0 Å². The number of carbonyl (C=O) groups excluding carboxylic acids is 1. The second kappa shape index (κ2) is 7.35. The van der Waals surface area contributed by atoms with E-state index in [9.17, 15) is 14.9 Å². The number of nitrogens with one attached hydrogen (secondary N) is 1. The maximum atomic E-state index is 12.3. The second-order valence-electron chi connectivity index (χ2n) is 5.32. The lowest BCUT2D eigenvalue weighted by molar-refractivity contribution is -0.385. The van der Waals surface area contributed by atoms with Gasteiger partial charge in [0.2, 0.25) is 0 Å². The number of nitro groups is 1. The molecule has 1 aromatic heterocycles. The van der Waals surface area contributed by atoms with Crippen molar-refractivity contribution < 1.29 is 9.72 Å². The summed E-state index contributed by atoms with van der Waals surface area (Å²) in [6.45, 7) is 0.785. The lowest BCUT2D eigenvalue weighted by Gasteiger charge is -2.11. The molecular weight excluding hydrogens is 322 g/mol. The number of carbonyl (C=O) groups is 1. The van der Waals surface area contributed by atoms with Crippen molar-refractivity contribution >= 4 is 11.6 Å². The minimum atomic E-state index is -0.562. The van der Waals surface area contributed by atoms with Gasteiger partial charge in [-0.1, -0.05) is 36.4 Å². The van der Waals surface area contributed by atoms with Crippen LogP contribution in [0.3, 0.4) is 0 Å². The molecule has 0 radical (unpaired) electrons. The van der Waals surface area contributed by atoms with Gasteiger partial charge in [-0.25, -0.2) is 9.67 Å². The smallest absolute Gasteiger partial charge is 0.282 e. The monoisotopic (exact) mass is 337 g/mol. The van der Waals surface area contributed by atoms with Crippen molar-refractivity contribution in [2.45, 2.75) is 13.1 Å². The van der Waals surface area contributed by atoms with Gasteiger partial charge in [0.05, 0.1) is 11.5 Å².